The molecule has 0 bridgehead atoms. The molecule has 5 nitrogen and oxygen atoms in total. The van der Waals surface area contributed by atoms with Crippen LogP contribution in [0, 0.1) is 5.82 Å². The van der Waals surface area contributed by atoms with Crippen LogP contribution in [0.4, 0.5) is 4.39 Å². The van der Waals surface area contributed by atoms with E-state index in [0.29, 0.717) is 17.6 Å². The highest BCUT2D eigenvalue weighted by atomic mass is 19.1. The van der Waals surface area contributed by atoms with Gasteiger partial charge in [-0.3, -0.25) is 9.78 Å². The maximum atomic E-state index is 13.5. The van der Waals surface area contributed by atoms with Crippen LogP contribution in [0.1, 0.15) is 28.5 Å². The molecule has 2 heterocycles. The molecule has 0 aliphatic heterocycles. The van der Waals surface area contributed by atoms with Gasteiger partial charge in [0, 0.05) is 35.4 Å². The van der Waals surface area contributed by atoms with Crippen LogP contribution < -0.4 is 5.43 Å². The molecular formula is C18H15FN2O3. The van der Waals surface area contributed by atoms with Crippen LogP contribution in [-0.2, 0) is 11.2 Å². The number of nitrogens with one attached hydrogen (secondary N) is 1. The molecule has 0 spiro atoms. The van der Waals surface area contributed by atoms with Crippen LogP contribution in [0.3, 0.4) is 0 Å². The van der Waals surface area contributed by atoms with Gasteiger partial charge in [-0.05, 0) is 42.8 Å². The Kier molecular flexibility index (Phi) is 4.37. The van der Waals surface area contributed by atoms with Gasteiger partial charge in [0.2, 0.25) is 5.43 Å². The fourth-order valence-corrected chi connectivity index (χ4v) is 2.57. The number of pyridine rings is 2. The molecule has 0 atom stereocenters. The summed E-state index contributed by atoms with van der Waals surface area (Å²) in [5.74, 6) is -1.25. The van der Waals surface area contributed by atoms with Crippen molar-refractivity contribution in [2.75, 3.05) is 6.61 Å². The fourth-order valence-electron chi connectivity index (χ4n) is 2.57. The molecule has 0 aliphatic rings. The first-order chi connectivity index (χ1) is 11.6. The van der Waals surface area contributed by atoms with Crippen molar-refractivity contribution < 1.29 is 13.9 Å². The Morgan fingerprint density at radius 1 is 1.25 bits per heavy atom. The molecule has 0 radical (unpaired) electrons. The molecule has 0 unspecified atom stereocenters. The highest BCUT2D eigenvalue weighted by Crippen LogP contribution is 2.17. The Labute approximate surface area is 137 Å². The van der Waals surface area contributed by atoms with E-state index in [1.54, 1.807) is 31.5 Å². The van der Waals surface area contributed by atoms with Crippen LogP contribution in [-0.4, -0.2) is 22.5 Å². The Balaban J connectivity index is 2.21. The number of benzene rings is 1. The summed E-state index contributed by atoms with van der Waals surface area (Å²) in [6.45, 7) is 1.81. The van der Waals surface area contributed by atoms with E-state index < -0.39 is 17.2 Å². The van der Waals surface area contributed by atoms with Crippen molar-refractivity contribution in [2.45, 2.75) is 13.3 Å². The summed E-state index contributed by atoms with van der Waals surface area (Å²) in [7, 11) is 0. The van der Waals surface area contributed by atoms with Crippen molar-refractivity contribution in [1.82, 2.24) is 9.97 Å². The van der Waals surface area contributed by atoms with E-state index in [-0.39, 0.29) is 17.6 Å². The summed E-state index contributed by atoms with van der Waals surface area (Å²) in [4.78, 5) is 32.0. The minimum Gasteiger partial charge on any atom is -0.462 e. The van der Waals surface area contributed by atoms with Crippen molar-refractivity contribution in [3.63, 3.8) is 0 Å². The quantitative estimate of drug-likeness (QED) is 0.748. The van der Waals surface area contributed by atoms with Crippen molar-refractivity contribution in [1.29, 1.82) is 0 Å². The van der Waals surface area contributed by atoms with E-state index in [2.05, 4.69) is 9.97 Å². The zero-order valence-corrected chi connectivity index (χ0v) is 13.0. The molecule has 3 aromatic rings. The zero-order chi connectivity index (χ0) is 17.1. The highest BCUT2D eigenvalue weighted by Gasteiger charge is 2.20. The van der Waals surface area contributed by atoms with Gasteiger partial charge < -0.3 is 9.72 Å². The molecule has 1 N–H and O–H groups in total. The minimum absolute atomic E-state index is 0.0910. The number of H-pyrrole nitrogens is 1. The highest BCUT2D eigenvalue weighted by molar-refractivity contribution is 5.95. The van der Waals surface area contributed by atoms with Gasteiger partial charge in [0.1, 0.15) is 11.4 Å². The number of nitrogens with zero attached hydrogens (tertiary/aromatic N) is 1. The van der Waals surface area contributed by atoms with Gasteiger partial charge in [-0.25, -0.2) is 9.18 Å². The van der Waals surface area contributed by atoms with Gasteiger partial charge in [-0.2, -0.15) is 0 Å². The third-order valence-corrected chi connectivity index (χ3v) is 3.65. The average Bonchev–Trinajstić information content (AvgIpc) is 2.57. The summed E-state index contributed by atoms with van der Waals surface area (Å²) in [6, 6.07) is 7.45. The maximum Gasteiger partial charge on any atom is 0.343 e. The SMILES string of the molecule is CCOC(=O)c1c(Cc2ccncc2)[nH]c2ccc(F)cc2c1=O. The minimum atomic E-state index is -0.714. The van der Waals surface area contributed by atoms with Crippen molar-refractivity contribution >= 4 is 16.9 Å². The predicted octanol–water partition coefficient (Wildman–Crippen LogP) is 2.83. The molecule has 2 aromatic heterocycles. The number of rotatable bonds is 4. The van der Waals surface area contributed by atoms with E-state index >= 15 is 0 Å². The van der Waals surface area contributed by atoms with Gasteiger partial charge in [-0.15, -0.1) is 0 Å². The Morgan fingerprint density at radius 3 is 2.71 bits per heavy atom. The third-order valence-electron chi connectivity index (χ3n) is 3.65. The van der Waals surface area contributed by atoms with Crippen LogP contribution >= 0.6 is 0 Å². The van der Waals surface area contributed by atoms with Crippen LogP contribution in [0.2, 0.25) is 0 Å². The number of carbonyl (C=O) groups is 1. The number of hydrogen-bond acceptors (Lipinski definition) is 4. The lowest BCUT2D eigenvalue weighted by Crippen LogP contribution is -2.22. The predicted molar refractivity (Wildman–Crippen MR) is 87.5 cm³/mol. The van der Waals surface area contributed by atoms with Gasteiger partial charge in [0.05, 0.1) is 6.61 Å². The molecule has 6 heteroatoms. The van der Waals surface area contributed by atoms with E-state index in [9.17, 15) is 14.0 Å². The molecule has 1 aromatic carbocycles. The summed E-state index contributed by atoms with van der Waals surface area (Å²) in [6.07, 6.45) is 3.60. The van der Waals surface area contributed by atoms with Crippen LogP contribution in [0.15, 0.2) is 47.5 Å². The number of ether oxygens (including phenoxy) is 1. The summed E-state index contributed by atoms with van der Waals surface area (Å²) < 4.78 is 18.5. The lowest BCUT2D eigenvalue weighted by atomic mass is 10.0. The molecule has 3 rings (SSSR count). The van der Waals surface area contributed by atoms with Gasteiger partial charge in [-0.1, -0.05) is 0 Å². The monoisotopic (exact) mass is 326 g/mol. The molecule has 0 saturated heterocycles. The average molecular weight is 326 g/mol. The Morgan fingerprint density at radius 2 is 2.00 bits per heavy atom. The summed E-state index contributed by atoms with van der Waals surface area (Å²) in [5.41, 5.74) is 1.16. The topological polar surface area (TPSA) is 72.0 Å². The normalized spacial score (nSPS) is 10.8. The van der Waals surface area contributed by atoms with Crippen molar-refractivity contribution in [3.05, 3.63) is 75.6 Å². The molecule has 0 amide bonds. The number of carbonyl (C=O) groups excluding carboxylic acids is 1. The second-order valence-corrected chi connectivity index (χ2v) is 5.25. The first kappa shape index (κ1) is 15.9. The zero-order valence-electron chi connectivity index (χ0n) is 13.0. The second-order valence-electron chi connectivity index (χ2n) is 5.25. The smallest absolute Gasteiger partial charge is 0.343 e. The number of halogens is 1. The number of esters is 1. The largest absolute Gasteiger partial charge is 0.462 e. The first-order valence-corrected chi connectivity index (χ1v) is 7.50. The first-order valence-electron chi connectivity index (χ1n) is 7.50. The molecule has 122 valence electrons. The lowest BCUT2D eigenvalue weighted by Gasteiger charge is -2.11. The summed E-state index contributed by atoms with van der Waals surface area (Å²) >= 11 is 0. The molecule has 0 saturated carbocycles. The van der Waals surface area contributed by atoms with Crippen LogP contribution in [0.5, 0.6) is 0 Å². The number of aromatic nitrogens is 2. The van der Waals surface area contributed by atoms with E-state index in [1.807, 2.05) is 0 Å². The molecule has 0 aliphatic carbocycles. The maximum absolute atomic E-state index is 13.5. The number of hydrogen-bond donors (Lipinski definition) is 1. The molecule has 0 fully saturated rings. The van der Waals surface area contributed by atoms with Gasteiger partial charge >= 0.3 is 5.97 Å². The van der Waals surface area contributed by atoms with E-state index in [0.717, 1.165) is 11.6 Å². The van der Waals surface area contributed by atoms with Gasteiger partial charge in [0.25, 0.3) is 0 Å². The number of fused-ring (bicyclic) bond motifs is 1. The second kappa shape index (κ2) is 6.62. The standard InChI is InChI=1S/C18H15FN2O3/c1-2-24-18(23)16-15(9-11-5-7-20-8-6-11)21-14-4-3-12(19)10-13(14)17(16)22/h3-8,10H,2,9H2,1H3,(H,21,22). The van der Waals surface area contributed by atoms with E-state index in [4.69, 9.17) is 4.74 Å². The summed E-state index contributed by atoms with van der Waals surface area (Å²) in [5, 5.41) is 0.122. The Hall–Kier alpha value is -3.02. The number of aromatic amines is 1. The van der Waals surface area contributed by atoms with E-state index in [1.165, 1.54) is 12.1 Å². The van der Waals surface area contributed by atoms with Crippen molar-refractivity contribution in [2.24, 2.45) is 0 Å². The third kappa shape index (κ3) is 3.03. The van der Waals surface area contributed by atoms with Gasteiger partial charge in [0.15, 0.2) is 0 Å². The fraction of sp³-hybridized carbons (Fsp3) is 0.167. The van der Waals surface area contributed by atoms with Crippen molar-refractivity contribution in [3.8, 4) is 0 Å². The lowest BCUT2D eigenvalue weighted by molar-refractivity contribution is 0.0523. The molecular weight excluding hydrogens is 311 g/mol. The molecule has 24 heavy (non-hydrogen) atoms. The Bertz CT molecular complexity index is 952. The van der Waals surface area contributed by atoms with Crippen LogP contribution in [0.25, 0.3) is 10.9 Å².